The highest BCUT2D eigenvalue weighted by Crippen LogP contribution is 2.36. The molecule has 2 heterocycles. The molecule has 0 saturated heterocycles. The van der Waals surface area contributed by atoms with Crippen LogP contribution in [0.1, 0.15) is 28.9 Å². The lowest BCUT2D eigenvalue weighted by atomic mass is 9.89. The van der Waals surface area contributed by atoms with Crippen LogP contribution < -0.4 is 10.1 Å². The molecule has 2 aromatic carbocycles. The number of ether oxygens (including phenoxy) is 2. The third-order valence-corrected chi connectivity index (χ3v) is 4.69. The Morgan fingerprint density at radius 3 is 2.50 bits per heavy atom. The number of hydrogen-bond acceptors (Lipinski definition) is 8. The Hall–Kier alpha value is -4.01. The zero-order valence-corrected chi connectivity index (χ0v) is 16.4. The molecule has 4 rings (SSSR count). The first kappa shape index (κ1) is 19.3. The van der Waals surface area contributed by atoms with Crippen LogP contribution in [0.3, 0.4) is 0 Å². The molecule has 1 atom stereocenters. The van der Waals surface area contributed by atoms with Gasteiger partial charge in [-0.1, -0.05) is 35.4 Å². The monoisotopic (exact) mass is 405 g/mol. The Labute approximate surface area is 172 Å². The number of rotatable bonds is 6. The Balaban J connectivity index is 1.87. The molecule has 0 radical (unpaired) electrons. The molecule has 0 aliphatic carbocycles. The number of benzene rings is 2. The summed E-state index contributed by atoms with van der Waals surface area (Å²) < 4.78 is 11.8. The molecule has 0 amide bonds. The molecule has 0 unspecified atom stereocenters. The van der Waals surface area contributed by atoms with Gasteiger partial charge >= 0.3 is 5.97 Å². The largest absolute Gasteiger partial charge is 0.494 e. The van der Waals surface area contributed by atoms with Gasteiger partial charge in [0.15, 0.2) is 5.78 Å². The molecule has 1 aromatic heterocycles. The summed E-state index contributed by atoms with van der Waals surface area (Å²) in [6.45, 7) is 2.40. The standard InChI is InChI=1S/C21H19N5O4/c1-3-30-15-11-9-14(10-12-15)19(27)16-17(20(28)29-2)22-21-23-24-25-26(21)18(16)13-7-5-4-6-8-13/h4-12,18H,3H2,1-2H3,(H,22,23,25)/t18-/m0/s1. The van der Waals surface area contributed by atoms with E-state index in [1.807, 2.05) is 37.3 Å². The van der Waals surface area contributed by atoms with Crippen LogP contribution in [0.25, 0.3) is 0 Å². The van der Waals surface area contributed by atoms with Crippen LogP contribution in [0.4, 0.5) is 5.95 Å². The third-order valence-electron chi connectivity index (χ3n) is 4.69. The second-order valence-electron chi connectivity index (χ2n) is 6.45. The normalized spacial score (nSPS) is 15.2. The van der Waals surface area contributed by atoms with Gasteiger partial charge in [0.25, 0.3) is 0 Å². The van der Waals surface area contributed by atoms with E-state index < -0.39 is 12.0 Å². The van der Waals surface area contributed by atoms with E-state index in [9.17, 15) is 9.59 Å². The number of aromatic nitrogens is 4. The number of esters is 1. The van der Waals surface area contributed by atoms with E-state index in [0.29, 0.717) is 17.9 Å². The van der Waals surface area contributed by atoms with E-state index in [1.165, 1.54) is 11.8 Å². The van der Waals surface area contributed by atoms with Crippen molar-refractivity contribution in [1.82, 2.24) is 20.2 Å². The number of methoxy groups -OCH3 is 1. The molecule has 30 heavy (non-hydrogen) atoms. The number of fused-ring (bicyclic) bond motifs is 1. The number of nitrogens with one attached hydrogen (secondary N) is 1. The molecule has 1 N–H and O–H groups in total. The number of ketones is 1. The van der Waals surface area contributed by atoms with Gasteiger partial charge < -0.3 is 14.8 Å². The molecule has 0 saturated carbocycles. The van der Waals surface area contributed by atoms with E-state index in [2.05, 4.69) is 20.8 Å². The first-order valence-corrected chi connectivity index (χ1v) is 9.34. The van der Waals surface area contributed by atoms with Gasteiger partial charge in [-0.05, 0) is 47.2 Å². The van der Waals surface area contributed by atoms with E-state index >= 15 is 0 Å². The van der Waals surface area contributed by atoms with Gasteiger partial charge in [-0.2, -0.15) is 4.68 Å². The van der Waals surface area contributed by atoms with Gasteiger partial charge in [-0.15, -0.1) is 0 Å². The van der Waals surface area contributed by atoms with Crippen molar-refractivity contribution in [2.24, 2.45) is 0 Å². The van der Waals surface area contributed by atoms with Crippen LogP contribution in [0.2, 0.25) is 0 Å². The molecule has 0 fully saturated rings. The molecule has 0 spiro atoms. The molecule has 9 heteroatoms. The number of nitrogens with zero attached hydrogens (tertiary/aromatic N) is 4. The third kappa shape index (κ3) is 3.41. The van der Waals surface area contributed by atoms with Crippen molar-refractivity contribution < 1.29 is 19.1 Å². The summed E-state index contributed by atoms with van der Waals surface area (Å²) in [4.78, 5) is 26.2. The van der Waals surface area contributed by atoms with Crippen molar-refractivity contribution in [3.8, 4) is 5.75 Å². The highest BCUT2D eigenvalue weighted by molar-refractivity contribution is 6.14. The van der Waals surface area contributed by atoms with Crippen molar-refractivity contribution in [2.75, 3.05) is 19.0 Å². The molecule has 152 valence electrons. The van der Waals surface area contributed by atoms with E-state index in [1.54, 1.807) is 24.3 Å². The zero-order valence-electron chi connectivity index (χ0n) is 16.4. The van der Waals surface area contributed by atoms with Crippen molar-refractivity contribution in [1.29, 1.82) is 0 Å². The maximum Gasteiger partial charge on any atom is 0.355 e. The number of carbonyl (C=O) groups excluding carboxylic acids is 2. The topological polar surface area (TPSA) is 108 Å². The van der Waals surface area contributed by atoms with E-state index in [-0.39, 0.29) is 23.0 Å². The number of tetrazole rings is 1. The van der Waals surface area contributed by atoms with Crippen LogP contribution in [-0.2, 0) is 9.53 Å². The van der Waals surface area contributed by atoms with Crippen molar-refractivity contribution in [2.45, 2.75) is 13.0 Å². The molecular weight excluding hydrogens is 386 g/mol. The summed E-state index contributed by atoms with van der Waals surface area (Å²) >= 11 is 0. The van der Waals surface area contributed by atoms with Crippen molar-refractivity contribution in [3.63, 3.8) is 0 Å². The van der Waals surface area contributed by atoms with Crippen LogP contribution in [0.15, 0.2) is 65.9 Å². The number of anilines is 1. The summed E-state index contributed by atoms with van der Waals surface area (Å²) in [6.07, 6.45) is 0. The van der Waals surface area contributed by atoms with Crippen LogP contribution in [0, 0.1) is 0 Å². The van der Waals surface area contributed by atoms with Gasteiger partial charge in [0.2, 0.25) is 5.95 Å². The average molecular weight is 405 g/mol. The minimum Gasteiger partial charge on any atom is -0.494 e. The van der Waals surface area contributed by atoms with Gasteiger partial charge in [-0.3, -0.25) is 4.79 Å². The molecule has 0 bridgehead atoms. The van der Waals surface area contributed by atoms with Gasteiger partial charge in [0.1, 0.15) is 17.5 Å². The van der Waals surface area contributed by atoms with E-state index in [0.717, 1.165) is 5.56 Å². The van der Waals surface area contributed by atoms with Crippen molar-refractivity contribution >= 4 is 17.7 Å². The summed E-state index contributed by atoms with van der Waals surface area (Å²) in [6, 6.07) is 15.3. The molecule has 1 aliphatic heterocycles. The Morgan fingerprint density at radius 1 is 1.10 bits per heavy atom. The Bertz CT molecular complexity index is 1110. The smallest absolute Gasteiger partial charge is 0.355 e. The first-order valence-electron chi connectivity index (χ1n) is 9.34. The second-order valence-corrected chi connectivity index (χ2v) is 6.45. The minimum atomic E-state index is -0.703. The summed E-state index contributed by atoms with van der Waals surface area (Å²) in [7, 11) is 1.26. The highest BCUT2D eigenvalue weighted by Gasteiger charge is 2.38. The fourth-order valence-electron chi connectivity index (χ4n) is 3.36. The fourth-order valence-corrected chi connectivity index (χ4v) is 3.36. The summed E-state index contributed by atoms with van der Waals surface area (Å²) in [5.41, 5.74) is 1.35. The zero-order chi connectivity index (χ0) is 21.1. The van der Waals surface area contributed by atoms with Crippen LogP contribution in [0.5, 0.6) is 5.75 Å². The van der Waals surface area contributed by atoms with Crippen LogP contribution in [-0.4, -0.2) is 45.7 Å². The molecule has 3 aromatic rings. The number of allylic oxidation sites excluding steroid dienone is 1. The number of hydrogen-bond donors (Lipinski definition) is 1. The lowest BCUT2D eigenvalue weighted by Crippen LogP contribution is -2.32. The number of carbonyl (C=O) groups is 2. The average Bonchev–Trinajstić information content (AvgIpc) is 3.26. The van der Waals surface area contributed by atoms with Gasteiger partial charge in [0, 0.05) is 5.56 Å². The van der Waals surface area contributed by atoms with E-state index in [4.69, 9.17) is 9.47 Å². The van der Waals surface area contributed by atoms with Gasteiger partial charge in [0.05, 0.1) is 19.3 Å². The van der Waals surface area contributed by atoms with Crippen LogP contribution >= 0.6 is 0 Å². The lowest BCUT2D eigenvalue weighted by molar-refractivity contribution is -0.136. The predicted molar refractivity (Wildman–Crippen MR) is 107 cm³/mol. The highest BCUT2D eigenvalue weighted by atomic mass is 16.5. The van der Waals surface area contributed by atoms with Gasteiger partial charge in [-0.25, -0.2) is 4.79 Å². The summed E-state index contributed by atoms with van der Waals surface area (Å²) in [5, 5.41) is 14.5. The fraction of sp³-hybridized carbons (Fsp3) is 0.190. The molecular formula is C21H19N5O4. The predicted octanol–water partition coefficient (Wildman–Crippen LogP) is 2.40. The minimum absolute atomic E-state index is 0.00698. The Morgan fingerprint density at radius 2 is 1.83 bits per heavy atom. The SMILES string of the molecule is CCOc1ccc(C(=O)C2=C(C(=O)OC)Nc3nnnn3[C@H]2c2ccccc2)cc1. The van der Waals surface area contributed by atoms with Crippen molar-refractivity contribution in [3.05, 3.63) is 77.0 Å². The second kappa shape index (κ2) is 8.16. The summed E-state index contributed by atoms with van der Waals surface area (Å²) in [5.74, 6) is -0.131. The first-order chi connectivity index (χ1) is 14.6. The quantitative estimate of drug-likeness (QED) is 0.492. The maximum absolute atomic E-state index is 13.6. The molecule has 9 nitrogen and oxygen atoms in total. The molecule has 1 aliphatic rings. The lowest BCUT2D eigenvalue weighted by Gasteiger charge is -2.28. The maximum atomic E-state index is 13.6. The number of Topliss-reactive ketones (excluding diaryl/α,β-unsaturated/α-hetero) is 1. The Kier molecular flexibility index (Phi) is 5.25.